The minimum absolute atomic E-state index is 0.208. The molecular weight excluding hydrogens is 250 g/mol. The highest BCUT2D eigenvalue weighted by Gasteiger charge is 2.40. The van der Waals surface area contributed by atoms with E-state index in [-0.39, 0.29) is 11.8 Å². The number of hydrogen-bond acceptors (Lipinski definition) is 2. The van der Waals surface area contributed by atoms with Crippen LogP contribution >= 0.6 is 11.6 Å². The molecule has 3 nitrogen and oxygen atoms in total. The molecule has 1 aromatic carbocycles. The first-order valence-electron chi connectivity index (χ1n) is 6.10. The highest BCUT2D eigenvalue weighted by molar-refractivity contribution is 6.30. The molecule has 1 aromatic rings. The lowest BCUT2D eigenvalue weighted by molar-refractivity contribution is -0.132. The van der Waals surface area contributed by atoms with Crippen molar-refractivity contribution >= 4 is 17.5 Å². The average Bonchev–Trinajstić information content (AvgIpc) is 3.05. The molecular formula is C14H18ClNO2. The van der Waals surface area contributed by atoms with Gasteiger partial charge in [-0.1, -0.05) is 18.5 Å². The highest BCUT2D eigenvalue weighted by Crippen LogP contribution is 2.39. The standard InChI is InChI=1S/C14H18ClNO2/c1-9-6-12(9)14(17)16(2)8-10-7-11(15)4-5-13(10)18-3/h4-5,7,9,12H,6,8H2,1-3H3. The molecule has 2 unspecified atom stereocenters. The number of nitrogens with zero attached hydrogens (tertiary/aromatic N) is 1. The van der Waals surface area contributed by atoms with E-state index in [9.17, 15) is 4.79 Å². The molecule has 0 aliphatic heterocycles. The molecule has 98 valence electrons. The number of methoxy groups -OCH3 is 1. The van der Waals surface area contributed by atoms with Crippen LogP contribution in [0.1, 0.15) is 18.9 Å². The van der Waals surface area contributed by atoms with Gasteiger partial charge in [0.15, 0.2) is 0 Å². The number of ether oxygens (including phenoxy) is 1. The van der Waals surface area contributed by atoms with Crippen LogP contribution in [-0.4, -0.2) is 25.0 Å². The number of amides is 1. The first-order valence-corrected chi connectivity index (χ1v) is 6.48. The zero-order chi connectivity index (χ0) is 13.3. The van der Waals surface area contributed by atoms with Crippen LogP contribution in [-0.2, 0) is 11.3 Å². The van der Waals surface area contributed by atoms with Gasteiger partial charge in [-0.3, -0.25) is 4.79 Å². The topological polar surface area (TPSA) is 29.5 Å². The summed E-state index contributed by atoms with van der Waals surface area (Å²) in [6.07, 6.45) is 1.01. The van der Waals surface area contributed by atoms with Crippen molar-refractivity contribution in [1.29, 1.82) is 0 Å². The van der Waals surface area contributed by atoms with E-state index in [2.05, 4.69) is 6.92 Å². The van der Waals surface area contributed by atoms with Gasteiger partial charge in [0.25, 0.3) is 0 Å². The molecule has 0 aromatic heterocycles. The maximum absolute atomic E-state index is 12.1. The van der Waals surface area contributed by atoms with Gasteiger partial charge in [-0.15, -0.1) is 0 Å². The number of carbonyl (C=O) groups is 1. The molecule has 0 radical (unpaired) electrons. The molecule has 1 aliphatic carbocycles. The van der Waals surface area contributed by atoms with Crippen molar-refractivity contribution in [2.24, 2.45) is 11.8 Å². The van der Waals surface area contributed by atoms with Gasteiger partial charge in [0.1, 0.15) is 5.75 Å². The number of hydrogen-bond donors (Lipinski definition) is 0. The van der Waals surface area contributed by atoms with Gasteiger partial charge in [0.05, 0.1) is 7.11 Å². The highest BCUT2D eigenvalue weighted by atomic mass is 35.5. The Bertz CT molecular complexity index is 461. The molecule has 18 heavy (non-hydrogen) atoms. The van der Waals surface area contributed by atoms with Gasteiger partial charge in [0, 0.05) is 30.1 Å². The van der Waals surface area contributed by atoms with Crippen LogP contribution in [0, 0.1) is 11.8 Å². The second kappa shape index (κ2) is 5.19. The predicted octanol–water partition coefficient (Wildman–Crippen LogP) is 2.96. The van der Waals surface area contributed by atoms with Gasteiger partial charge >= 0.3 is 0 Å². The fraction of sp³-hybridized carbons (Fsp3) is 0.500. The zero-order valence-electron chi connectivity index (χ0n) is 10.9. The van der Waals surface area contributed by atoms with Crippen molar-refractivity contribution in [2.45, 2.75) is 19.9 Å². The predicted molar refractivity (Wildman–Crippen MR) is 71.7 cm³/mol. The molecule has 0 spiro atoms. The Labute approximate surface area is 113 Å². The van der Waals surface area contributed by atoms with Crippen molar-refractivity contribution in [3.63, 3.8) is 0 Å². The number of halogens is 1. The van der Waals surface area contributed by atoms with Crippen molar-refractivity contribution in [3.05, 3.63) is 28.8 Å². The summed E-state index contributed by atoms with van der Waals surface area (Å²) in [6.45, 7) is 2.64. The van der Waals surface area contributed by atoms with Gasteiger partial charge in [-0.2, -0.15) is 0 Å². The van der Waals surface area contributed by atoms with Gasteiger partial charge in [-0.25, -0.2) is 0 Å². The third kappa shape index (κ3) is 2.78. The van der Waals surface area contributed by atoms with E-state index < -0.39 is 0 Å². The van der Waals surface area contributed by atoms with E-state index in [1.807, 2.05) is 19.2 Å². The van der Waals surface area contributed by atoms with Crippen molar-refractivity contribution in [3.8, 4) is 5.75 Å². The molecule has 2 rings (SSSR count). The summed E-state index contributed by atoms with van der Waals surface area (Å²) in [6, 6.07) is 5.46. The summed E-state index contributed by atoms with van der Waals surface area (Å²) in [5.41, 5.74) is 0.939. The third-order valence-electron chi connectivity index (χ3n) is 3.45. The Morgan fingerprint density at radius 1 is 1.56 bits per heavy atom. The Morgan fingerprint density at radius 3 is 2.78 bits per heavy atom. The molecule has 0 N–H and O–H groups in total. The Morgan fingerprint density at radius 2 is 2.22 bits per heavy atom. The molecule has 0 bridgehead atoms. The first kappa shape index (κ1) is 13.2. The van der Waals surface area contributed by atoms with Crippen LogP contribution in [0.5, 0.6) is 5.75 Å². The summed E-state index contributed by atoms with van der Waals surface area (Å²) >= 11 is 5.98. The van der Waals surface area contributed by atoms with Crippen LogP contribution in [0.25, 0.3) is 0 Å². The second-order valence-electron chi connectivity index (χ2n) is 4.97. The van der Waals surface area contributed by atoms with Gasteiger partial charge < -0.3 is 9.64 Å². The molecule has 2 atom stereocenters. The van der Waals surface area contributed by atoms with Crippen molar-refractivity contribution in [2.75, 3.05) is 14.2 Å². The SMILES string of the molecule is COc1ccc(Cl)cc1CN(C)C(=O)C1CC1C. The molecule has 0 heterocycles. The summed E-state index contributed by atoms with van der Waals surface area (Å²) < 4.78 is 5.28. The van der Waals surface area contributed by atoms with Crippen LogP contribution in [0.2, 0.25) is 5.02 Å². The first-order chi connectivity index (χ1) is 8.52. The van der Waals surface area contributed by atoms with Gasteiger partial charge in [-0.05, 0) is 30.5 Å². The zero-order valence-corrected chi connectivity index (χ0v) is 11.7. The molecule has 1 aliphatic rings. The number of benzene rings is 1. The largest absolute Gasteiger partial charge is 0.496 e. The molecule has 1 fully saturated rings. The lowest BCUT2D eigenvalue weighted by atomic mass is 10.2. The normalized spacial score (nSPS) is 21.6. The molecule has 1 amide bonds. The fourth-order valence-corrected chi connectivity index (χ4v) is 2.35. The molecule has 4 heteroatoms. The third-order valence-corrected chi connectivity index (χ3v) is 3.69. The molecule has 0 saturated heterocycles. The van der Waals surface area contributed by atoms with E-state index >= 15 is 0 Å². The van der Waals surface area contributed by atoms with Gasteiger partial charge in [0.2, 0.25) is 5.91 Å². The Kier molecular flexibility index (Phi) is 3.81. The van der Waals surface area contributed by atoms with Crippen LogP contribution < -0.4 is 4.74 Å². The summed E-state index contributed by atoms with van der Waals surface area (Å²) in [7, 11) is 3.45. The van der Waals surface area contributed by atoms with E-state index in [1.54, 1.807) is 18.1 Å². The summed E-state index contributed by atoms with van der Waals surface area (Å²) in [5, 5.41) is 0.659. The minimum Gasteiger partial charge on any atom is -0.496 e. The number of carbonyl (C=O) groups excluding carboxylic acids is 1. The Hall–Kier alpha value is -1.22. The quantitative estimate of drug-likeness (QED) is 0.839. The Balaban J connectivity index is 2.08. The minimum atomic E-state index is 0.208. The average molecular weight is 268 g/mol. The van der Waals surface area contributed by atoms with E-state index in [0.29, 0.717) is 17.5 Å². The molecule has 1 saturated carbocycles. The smallest absolute Gasteiger partial charge is 0.226 e. The van der Waals surface area contributed by atoms with E-state index in [4.69, 9.17) is 16.3 Å². The maximum atomic E-state index is 12.1. The monoisotopic (exact) mass is 267 g/mol. The number of rotatable bonds is 4. The van der Waals surface area contributed by atoms with E-state index in [0.717, 1.165) is 17.7 Å². The van der Waals surface area contributed by atoms with Crippen LogP contribution in [0.15, 0.2) is 18.2 Å². The van der Waals surface area contributed by atoms with Crippen molar-refractivity contribution in [1.82, 2.24) is 4.90 Å². The summed E-state index contributed by atoms with van der Waals surface area (Å²) in [4.78, 5) is 13.8. The lowest BCUT2D eigenvalue weighted by Gasteiger charge is -2.19. The van der Waals surface area contributed by atoms with Crippen molar-refractivity contribution < 1.29 is 9.53 Å². The van der Waals surface area contributed by atoms with Crippen LogP contribution in [0.3, 0.4) is 0 Å². The van der Waals surface area contributed by atoms with E-state index in [1.165, 1.54) is 0 Å². The van der Waals surface area contributed by atoms with Crippen LogP contribution in [0.4, 0.5) is 0 Å². The summed E-state index contributed by atoms with van der Waals surface area (Å²) in [5.74, 6) is 1.72. The fourth-order valence-electron chi connectivity index (χ4n) is 2.15. The maximum Gasteiger partial charge on any atom is 0.226 e. The lowest BCUT2D eigenvalue weighted by Crippen LogP contribution is -2.28. The second-order valence-corrected chi connectivity index (χ2v) is 5.41.